The van der Waals surface area contributed by atoms with Gasteiger partial charge in [-0.25, -0.2) is 4.79 Å². The van der Waals surface area contributed by atoms with E-state index in [4.69, 9.17) is 9.84 Å². The Morgan fingerprint density at radius 1 is 1.50 bits per heavy atom. The number of carboxylic acids is 1. The Morgan fingerprint density at radius 3 is 2.96 bits per heavy atom. The van der Waals surface area contributed by atoms with E-state index in [9.17, 15) is 9.59 Å². The summed E-state index contributed by atoms with van der Waals surface area (Å²) in [5, 5.41) is 10.9. The molecule has 1 unspecified atom stereocenters. The molecule has 0 radical (unpaired) electrons. The number of carboxylic acid groups (broad SMARTS) is 1. The molecule has 1 aliphatic heterocycles. The Hall–Kier alpha value is -1.92. The maximum atomic E-state index is 12.5. The number of ether oxygens (including phenoxy) is 1. The maximum Gasteiger partial charge on any atom is 0.330 e. The number of rotatable bonds is 4. The second-order valence-electron chi connectivity index (χ2n) is 5.59. The van der Waals surface area contributed by atoms with Gasteiger partial charge >= 0.3 is 5.97 Å². The highest BCUT2D eigenvalue weighted by molar-refractivity contribution is 9.10. The van der Waals surface area contributed by atoms with Gasteiger partial charge in [0.15, 0.2) is 5.78 Å². The van der Waals surface area contributed by atoms with E-state index in [0.717, 1.165) is 14.9 Å². The minimum absolute atomic E-state index is 0.0477. The molecule has 3 rings (SSSR count). The predicted molar refractivity (Wildman–Crippen MR) is 95.9 cm³/mol. The van der Waals surface area contributed by atoms with Crippen molar-refractivity contribution < 1.29 is 19.4 Å². The zero-order valence-electron chi connectivity index (χ0n) is 12.9. The number of carbonyl (C=O) groups excluding carboxylic acids is 1. The second kappa shape index (κ2) is 6.91. The van der Waals surface area contributed by atoms with Crippen LogP contribution in [0.5, 0.6) is 5.75 Å². The van der Waals surface area contributed by atoms with Crippen molar-refractivity contribution in [1.82, 2.24) is 0 Å². The minimum atomic E-state index is -0.946. The molecule has 2 heterocycles. The number of hydrogen-bond acceptors (Lipinski definition) is 4. The summed E-state index contributed by atoms with van der Waals surface area (Å²) < 4.78 is 7.09. The van der Waals surface area contributed by atoms with E-state index in [0.29, 0.717) is 24.2 Å². The van der Waals surface area contributed by atoms with Crippen molar-refractivity contribution in [3.63, 3.8) is 0 Å². The number of benzene rings is 1. The molecule has 1 N–H and O–H groups in total. The number of halogens is 1. The normalized spacial score (nSPS) is 17.3. The lowest BCUT2D eigenvalue weighted by Gasteiger charge is -2.26. The zero-order valence-corrected chi connectivity index (χ0v) is 15.3. The quantitative estimate of drug-likeness (QED) is 0.741. The molecule has 4 nitrogen and oxygen atoms in total. The molecule has 0 spiro atoms. The first-order valence-corrected chi connectivity index (χ1v) is 9.08. The highest BCUT2D eigenvalue weighted by Crippen LogP contribution is 2.40. The number of aliphatic carboxylic acids is 1. The van der Waals surface area contributed by atoms with Crippen LogP contribution in [0.25, 0.3) is 0 Å². The number of hydrogen-bond donors (Lipinski definition) is 1. The van der Waals surface area contributed by atoms with Crippen LogP contribution in [0.15, 0.2) is 45.8 Å². The van der Waals surface area contributed by atoms with Crippen LogP contribution in [0.4, 0.5) is 0 Å². The molecular weight excluding hydrogens is 392 g/mol. The van der Waals surface area contributed by atoms with Crippen LogP contribution in [0, 0.1) is 0 Å². The van der Waals surface area contributed by atoms with E-state index >= 15 is 0 Å². The second-order valence-corrected chi connectivity index (χ2v) is 7.45. The molecular formula is C18H15BrO4S. The topological polar surface area (TPSA) is 63.6 Å². The maximum absolute atomic E-state index is 12.5. The van der Waals surface area contributed by atoms with E-state index in [2.05, 4.69) is 15.9 Å². The van der Waals surface area contributed by atoms with Gasteiger partial charge in [0.1, 0.15) is 11.9 Å². The lowest BCUT2D eigenvalue weighted by Crippen LogP contribution is -2.20. The van der Waals surface area contributed by atoms with Gasteiger partial charge in [-0.15, -0.1) is 11.3 Å². The molecule has 0 bridgehead atoms. The number of ketones is 1. The number of Topliss-reactive ketones (excluding diaryl/α,β-unsaturated/α-hetero) is 1. The van der Waals surface area contributed by atoms with Gasteiger partial charge < -0.3 is 9.84 Å². The molecule has 1 aromatic heterocycles. The highest BCUT2D eigenvalue weighted by Gasteiger charge is 2.30. The fourth-order valence-corrected chi connectivity index (χ4v) is 4.05. The summed E-state index contributed by atoms with van der Waals surface area (Å²) >= 11 is 4.97. The van der Waals surface area contributed by atoms with Gasteiger partial charge in [-0.1, -0.05) is 18.2 Å². The van der Waals surface area contributed by atoms with Gasteiger partial charge in [0.2, 0.25) is 0 Å². The van der Waals surface area contributed by atoms with E-state index in [-0.39, 0.29) is 17.5 Å². The van der Waals surface area contributed by atoms with E-state index in [1.165, 1.54) is 0 Å². The molecule has 1 aliphatic rings. The number of para-hydroxylation sites is 1. The van der Waals surface area contributed by atoms with Gasteiger partial charge in [0.25, 0.3) is 0 Å². The standard InChI is InChI=1S/C18H15BrO4S/c1-10(18(21)22)5-6-11-3-2-4-13-14(20)8-15(23-17(11)13)16-7-12(19)9-24-16/h2-5,7,9,15H,6,8H2,1H3,(H,21,22)/b10-5+. The summed E-state index contributed by atoms with van der Waals surface area (Å²) in [4.78, 5) is 24.4. The van der Waals surface area contributed by atoms with Crippen molar-refractivity contribution >= 4 is 39.0 Å². The third kappa shape index (κ3) is 3.44. The summed E-state index contributed by atoms with van der Waals surface area (Å²) in [5.74, 6) is -0.331. The molecule has 0 saturated heterocycles. The van der Waals surface area contributed by atoms with E-state index < -0.39 is 5.97 Å². The summed E-state index contributed by atoms with van der Waals surface area (Å²) in [7, 11) is 0. The average Bonchev–Trinajstić information content (AvgIpc) is 2.99. The van der Waals surface area contributed by atoms with Gasteiger partial charge in [0.05, 0.1) is 12.0 Å². The Bertz CT molecular complexity index is 837. The van der Waals surface area contributed by atoms with Crippen LogP contribution in [-0.2, 0) is 11.2 Å². The largest absolute Gasteiger partial charge is 0.483 e. The number of thiophene rings is 1. The minimum Gasteiger partial charge on any atom is -0.483 e. The third-order valence-electron chi connectivity index (χ3n) is 3.90. The Kier molecular flexibility index (Phi) is 4.87. The van der Waals surface area contributed by atoms with Gasteiger partial charge in [-0.3, -0.25) is 4.79 Å². The molecule has 0 amide bonds. The van der Waals surface area contributed by atoms with Crippen molar-refractivity contribution in [3.05, 3.63) is 61.8 Å². The first-order valence-electron chi connectivity index (χ1n) is 7.41. The molecule has 0 saturated carbocycles. The lowest BCUT2D eigenvalue weighted by molar-refractivity contribution is -0.132. The third-order valence-corrected chi connectivity index (χ3v) is 5.68. The first kappa shape index (κ1) is 16.9. The van der Waals surface area contributed by atoms with E-state index in [1.54, 1.807) is 36.5 Å². The van der Waals surface area contributed by atoms with Crippen LogP contribution < -0.4 is 4.74 Å². The fraction of sp³-hybridized carbons (Fsp3) is 0.222. The SMILES string of the molecule is C/C(=C\Cc1cccc2c1OC(c1cc(Br)cs1)CC2=O)C(=O)O. The summed E-state index contributed by atoms with van der Waals surface area (Å²) in [6.07, 6.45) is 2.06. The summed E-state index contributed by atoms with van der Waals surface area (Å²) in [5.41, 5.74) is 1.66. The summed E-state index contributed by atoms with van der Waals surface area (Å²) in [6, 6.07) is 7.39. The molecule has 2 aromatic rings. The van der Waals surface area contributed by atoms with Crippen molar-refractivity contribution in [2.75, 3.05) is 0 Å². The van der Waals surface area contributed by atoms with Crippen molar-refractivity contribution in [3.8, 4) is 5.75 Å². The Labute approximate surface area is 151 Å². The van der Waals surface area contributed by atoms with Gasteiger partial charge in [0, 0.05) is 20.3 Å². The van der Waals surface area contributed by atoms with Crippen molar-refractivity contribution in [2.24, 2.45) is 0 Å². The molecule has 1 aromatic carbocycles. The molecule has 24 heavy (non-hydrogen) atoms. The predicted octanol–water partition coefficient (Wildman–Crippen LogP) is 4.79. The molecule has 0 fully saturated rings. The fourth-order valence-electron chi connectivity index (χ4n) is 2.57. The van der Waals surface area contributed by atoms with E-state index in [1.807, 2.05) is 17.5 Å². The molecule has 124 valence electrons. The van der Waals surface area contributed by atoms with Crippen molar-refractivity contribution in [2.45, 2.75) is 25.9 Å². The average molecular weight is 407 g/mol. The van der Waals surface area contributed by atoms with Gasteiger partial charge in [-0.05, 0) is 47.0 Å². The zero-order chi connectivity index (χ0) is 17.3. The Morgan fingerprint density at radius 2 is 2.29 bits per heavy atom. The van der Waals surface area contributed by atoms with Crippen LogP contribution in [0.2, 0.25) is 0 Å². The monoisotopic (exact) mass is 406 g/mol. The van der Waals surface area contributed by atoms with Crippen LogP contribution in [0.3, 0.4) is 0 Å². The van der Waals surface area contributed by atoms with Crippen LogP contribution >= 0.6 is 27.3 Å². The van der Waals surface area contributed by atoms with Crippen LogP contribution in [0.1, 0.15) is 40.2 Å². The number of fused-ring (bicyclic) bond motifs is 1. The molecule has 1 atom stereocenters. The lowest BCUT2D eigenvalue weighted by atomic mass is 9.96. The first-order chi connectivity index (χ1) is 11.5. The van der Waals surface area contributed by atoms with Gasteiger partial charge in [-0.2, -0.15) is 0 Å². The number of carbonyl (C=O) groups is 2. The number of allylic oxidation sites excluding steroid dienone is 1. The summed E-state index contributed by atoms with van der Waals surface area (Å²) in [6.45, 7) is 1.55. The van der Waals surface area contributed by atoms with Crippen molar-refractivity contribution in [1.29, 1.82) is 0 Å². The van der Waals surface area contributed by atoms with Crippen LogP contribution in [-0.4, -0.2) is 16.9 Å². The Balaban J connectivity index is 1.93. The highest BCUT2D eigenvalue weighted by atomic mass is 79.9. The smallest absolute Gasteiger partial charge is 0.330 e. The molecule has 6 heteroatoms. The molecule has 0 aliphatic carbocycles.